The molecule has 0 spiro atoms. The van der Waals surface area contributed by atoms with E-state index in [-0.39, 0.29) is 11.3 Å². The fraction of sp³-hybridized carbons (Fsp3) is 0.367. The average Bonchev–Trinajstić information content (AvgIpc) is 3.44. The molecule has 38 heavy (non-hydrogen) atoms. The zero-order valence-corrected chi connectivity index (χ0v) is 22.1. The van der Waals surface area contributed by atoms with Crippen molar-refractivity contribution in [3.63, 3.8) is 0 Å². The van der Waals surface area contributed by atoms with Crippen molar-refractivity contribution in [1.82, 2.24) is 19.4 Å². The summed E-state index contributed by atoms with van der Waals surface area (Å²) < 4.78 is 7.68. The Morgan fingerprint density at radius 1 is 1.11 bits per heavy atom. The Balaban J connectivity index is 1.22. The van der Waals surface area contributed by atoms with Crippen LogP contribution in [-0.2, 0) is 10.2 Å². The number of nitrogen functional groups attached to an aromatic ring is 1. The van der Waals surface area contributed by atoms with Crippen LogP contribution in [0.3, 0.4) is 0 Å². The van der Waals surface area contributed by atoms with E-state index in [1.807, 2.05) is 48.5 Å². The summed E-state index contributed by atoms with van der Waals surface area (Å²) in [7, 11) is 0. The van der Waals surface area contributed by atoms with Crippen molar-refractivity contribution < 1.29 is 9.53 Å². The largest absolute Gasteiger partial charge is 0.383 e. The molecule has 8 heteroatoms. The SMILES string of the molecule is CC(C)(C)c1ccc(C(=O)Nc2ccc(-c3cn([C@H]4CCN(C[C@@H]5CO5)C4)c4ncnc(N)c34)cc2)cc1. The van der Waals surface area contributed by atoms with Crippen LogP contribution in [0.25, 0.3) is 22.2 Å². The number of nitrogens with two attached hydrogens (primary N) is 1. The first-order valence-corrected chi connectivity index (χ1v) is 13.2. The number of hydrogen-bond donors (Lipinski definition) is 2. The first-order valence-electron chi connectivity index (χ1n) is 13.2. The number of aromatic nitrogens is 3. The summed E-state index contributed by atoms with van der Waals surface area (Å²) in [5.74, 6) is 0.343. The molecule has 0 saturated carbocycles. The minimum absolute atomic E-state index is 0.0467. The van der Waals surface area contributed by atoms with E-state index in [0.29, 0.717) is 23.5 Å². The highest BCUT2D eigenvalue weighted by Gasteiger charge is 2.32. The number of carbonyl (C=O) groups excluding carboxylic acids is 1. The summed E-state index contributed by atoms with van der Waals surface area (Å²) >= 11 is 0. The topological polar surface area (TPSA) is 102 Å². The number of rotatable bonds is 6. The number of likely N-dealkylation sites (tertiary alicyclic amines) is 1. The predicted molar refractivity (Wildman–Crippen MR) is 150 cm³/mol. The minimum atomic E-state index is -0.130. The quantitative estimate of drug-likeness (QED) is 0.359. The second kappa shape index (κ2) is 9.53. The molecular formula is C30H34N6O2. The second-order valence-electron chi connectivity index (χ2n) is 11.4. The molecule has 0 aliphatic carbocycles. The summed E-state index contributed by atoms with van der Waals surface area (Å²) in [4.78, 5) is 24.2. The number of fused-ring (bicyclic) bond motifs is 1. The minimum Gasteiger partial charge on any atom is -0.383 e. The van der Waals surface area contributed by atoms with Gasteiger partial charge >= 0.3 is 0 Å². The highest BCUT2D eigenvalue weighted by atomic mass is 16.6. The zero-order valence-electron chi connectivity index (χ0n) is 22.1. The molecule has 2 aromatic heterocycles. The molecule has 196 valence electrons. The standard InChI is InChI=1S/C30H34N6O2/c1-30(2,3)21-8-4-20(5-9-21)29(37)34-22-10-6-19(7-11-22)25-16-36(28-26(25)27(31)32-18-33-28)23-12-13-35(14-23)15-24-17-38-24/h4-11,16,18,23-24H,12-15,17H2,1-3H3,(H,34,37)(H2,31,32,33)/t23-,24+/m0/s1. The van der Waals surface area contributed by atoms with E-state index in [1.54, 1.807) is 0 Å². The molecule has 2 saturated heterocycles. The van der Waals surface area contributed by atoms with Crippen molar-refractivity contribution in [3.05, 3.63) is 72.2 Å². The van der Waals surface area contributed by atoms with Crippen LogP contribution in [0.1, 0.15) is 49.2 Å². The van der Waals surface area contributed by atoms with E-state index < -0.39 is 0 Å². The number of nitrogens with one attached hydrogen (secondary N) is 1. The van der Waals surface area contributed by atoms with Crippen molar-refractivity contribution in [1.29, 1.82) is 0 Å². The maximum Gasteiger partial charge on any atom is 0.255 e. The van der Waals surface area contributed by atoms with Crippen LogP contribution < -0.4 is 11.1 Å². The van der Waals surface area contributed by atoms with Gasteiger partial charge in [0, 0.05) is 48.7 Å². The average molecular weight is 511 g/mol. The molecule has 4 heterocycles. The molecule has 6 rings (SSSR count). The van der Waals surface area contributed by atoms with E-state index in [4.69, 9.17) is 10.5 Å². The Labute approximate surface area is 222 Å². The number of nitrogens with zero attached hydrogens (tertiary/aromatic N) is 4. The fourth-order valence-corrected chi connectivity index (χ4v) is 5.33. The van der Waals surface area contributed by atoms with E-state index >= 15 is 0 Å². The maximum atomic E-state index is 12.8. The molecule has 8 nitrogen and oxygen atoms in total. The lowest BCUT2D eigenvalue weighted by Crippen LogP contribution is -2.25. The Hall–Kier alpha value is -3.75. The van der Waals surface area contributed by atoms with Crippen LogP contribution in [0.4, 0.5) is 11.5 Å². The van der Waals surface area contributed by atoms with Gasteiger partial charge in [0.1, 0.15) is 17.8 Å². The Bertz CT molecular complexity index is 1470. The molecule has 0 bridgehead atoms. The molecule has 2 aliphatic heterocycles. The van der Waals surface area contributed by atoms with Crippen LogP contribution in [0.5, 0.6) is 0 Å². The third kappa shape index (κ3) is 4.89. The Kier molecular flexibility index (Phi) is 6.16. The van der Waals surface area contributed by atoms with Crippen molar-refractivity contribution in [2.24, 2.45) is 0 Å². The van der Waals surface area contributed by atoms with E-state index in [1.165, 1.54) is 11.9 Å². The van der Waals surface area contributed by atoms with Gasteiger partial charge in [-0.2, -0.15) is 0 Å². The van der Waals surface area contributed by atoms with Crippen LogP contribution in [0.15, 0.2) is 61.1 Å². The van der Waals surface area contributed by atoms with Crippen molar-refractivity contribution in [2.45, 2.75) is 44.8 Å². The third-order valence-electron chi connectivity index (χ3n) is 7.61. The molecule has 3 N–H and O–H groups in total. The highest BCUT2D eigenvalue weighted by Crippen LogP contribution is 2.37. The molecule has 2 atom stereocenters. The predicted octanol–water partition coefficient (Wildman–Crippen LogP) is 4.88. The number of amides is 1. The van der Waals surface area contributed by atoms with Crippen LogP contribution in [0.2, 0.25) is 0 Å². The van der Waals surface area contributed by atoms with Crippen molar-refractivity contribution in [3.8, 4) is 11.1 Å². The molecule has 2 aromatic carbocycles. The number of ether oxygens (including phenoxy) is 1. The molecule has 0 radical (unpaired) electrons. The van der Waals surface area contributed by atoms with Gasteiger partial charge in [-0.05, 0) is 47.2 Å². The number of hydrogen-bond acceptors (Lipinski definition) is 6. The van der Waals surface area contributed by atoms with Crippen LogP contribution >= 0.6 is 0 Å². The molecule has 0 unspecified atom stereocenters. The summed E-state index contributed by atoms with van der Waals surface area (Å²) in [5, 5.41) is 3.88. The lowest BCUT2D eigenvalue weighted by atomic mass is 9.87. The van der Waals surface area contributed by atoms with E-state index in [0.717, 1.165) is 60.5 Å². The normalized spacial score (nSPS) is 19.7. The van der Waals surface area contributed by atoms with Crippen LogP contribution in [0, 0.1) is 0 Å². The number of anilines is 2. The van der Waals surface area contributed by atoms with Gasteiger partial charge in [-0.15, -0.1) is 0 Å². The number of benzene rings is 2. The molecule has 2 fully saturated rings. The van der Waals surface area contributed by atoms with Gasteiger partial charge in [-0.25, -0.2) is 9.97 Å². The third-order valence-corrected chi connectivity index (χ3v) is 7.61. The fourth-order valence-electron chi connectivity index (χ4n) is 5.33. The summed E-state index contributed by atoms with van der Waals surface area (Å²) in [6.07, 6.45) is 5.14. The first-order chi connectivity index (χ1) is 18.3. The monoisotopic (exact) mass is 510 g/mol. The van der Waals surface area contributed by atoms with Gasteiger partial charge in [0.05, 0.1) is 18.1 Å². The summed E-state index contributed by atoms with van der Waals surface area (Å²) in [5.41, 5.74) is 11.8. The van der Waals surface area contributed by atoms with Crippen molar-refractivity contribution >= 4 is 28.4 Å². The first kappa shape index (κ1) is 24.6. The second-order valence-corrected chi connectivity index (χ2v) is 11.4. The van der Waals surface area contributed by atoms with E-state index in [2.05, 4.69) is 51.7 Å². The molecular weight excluding hydrogens is 476 g/mol. The number of epoxide rings is 1. The summed E-state index contributed by atoms with van der Waals surface area (Å²) in [6.45, 7) is 10.4. The Morgan fingerprint density at radius 3 is 2.53 bits per heavy atom. The molecule has 4 aromatic rings. The lowest BCUT2D eigenvalue weighted by molar-refractivity contribution is 0.102. The van der Waals surface area contributed by atoms with Gasteiger partial charge in [0.2, 0.25) is 0 Å². The summed E-state index contributed by atoms with van der Waals surface area (Å²) in [6, 6.07) is 16.0. The number of carbonyl (C=O) groups is 1. The van der Waals surface area contributed by atoms with Crippen molar-refractivity contribution in [2.75, 3.05) is 37.3 Å². The highest BCUT2D eigenvalue weighted by molar-refractivity contribution is 6.05. The van der Waals surface area contributed by atoms with Crippen LogP contribution in [-0.4, -0.2) is 57.7 Å². The maximum absolute atomic E-state index is 12.8. The van der Waals surface area contributed by atoms with Gasteiger partial charge in [0.25, 0.3) is 5.91 Å². The lowest BCUT2D eigenvalue weighted by Gasteiger charge is -2.19. The van der Waals surface area contributed by atoms with Gasteiger partial charge < -0.3 is 20.4 Å². The Morgan fingerprint density at radius 2 is 1.84 bits per heavy atom. The zero-order chi connectivity index (χ0) is 26.4. The smallest absolute Gasteiger partial charge is 0.255 e. The molecule has 2 aliphatic rings. The molecule has 1 amide bonds. The van der Waals surface area contributed by atoms with E-state index in [9.17, 15) is 4.79 Å². The van der Waals surface area contributed by atoms with Gasteiger partial charge in [-0.1, -0.05) is 45.0 Å². The van der Waals surface area contributed by atoms with Gasteiger partial charge in [0.15, 0.2) is 0 Å². The van der Waals surface area contributed by atoms with Gasteiger partial charge in [-0.3, -0.25) is 9.69 Å².